The minimum atomic E-state index is -0.893. The van der Waals surface area contributed by atoms with Gasteiger partial charge in [-0.15, -0.1) is 0 Å². The van der Waals surface area contributed by atoms with Crippen molar-refractivity contribution in [3.63, 3.8) is 0 Å². The van der Waals surface area contributed by atoms with Crippen molar-refractivity contribution in [2.75, 3.05) is 13.2 Å². The van der Waals surface area contributed by atoms with Crippen molar-refractivity contribution in [3.8, 4) is 0 Å². The summed E-state index contributed by atoms with van der Waals surface area (Å²) in [4.78, 5) is 14.0. The molecule has 2 unspecified atom stereocenters. The highest BCUT2D eigenvalue weighted by Gasteiger charge is 2.20. The zero-order valence-electron chi connectivity index (χ0n) is 10.3. The number of aryl methyl sites for hydroxylation is 1. The zero-order valence-corrected chi connectivity index (χ0v) is 10.3. The van der Waals surface area contributed by atoms with Crippen molar-refractivity contribution in [3.05, 3.63) is 22.1 Å². The first kappa shape index (κ1) is 14.6. The standard InChI is InChI=1S/C10H17N3O5/c1-7(14)5-18-6-9(15)4-12-8(2)11-3-10(12)13(16)17/h3,7,9,14-15H,4-6H2,1-2H3. The van der Waals surface area contributed by atoms with Crippen molar-refractivity contribution in [1.82, 2.24) is 9.55 Å². The average molecular weight is 259 g/mol. The van der Waals surface area contributed by atoms with E-state index in [2.05, 4.69) is 4.98 Å². The first-order chi connectivity index (χ1) is 8.41. The van der Waals surface area contributed by atoms with Crippen molar-refractivity contribution in [2.24, 2.45) is 0 Å². The van der Waals surface area contributed by atoms with Gasteiger partial charge in [0, 0.05) is 6.92 Å². The van der Waals surface area contributed by atoms with Crippen LogP contribution in [0.15, 0.2) is 6.20 Å². The predicted molar refractivity (Wildman–Crippen MR) is 62.1 cm³/mol. The second-order valence-electron chi connectivity index (χ2n) is 4.07. The SMILES string of the molecule is Cc1ncc([N+](=O)[O-])n1CC(O)COCC(C)O. The van der Waals surface area contributed by atoms with Crippen LogP contribution in [0.5, 0.6) is 0 Å². The Morgan fingerprint density at radius 2 is 2.22 bits per heavy atom. The number of aliphatic hydroxyl groups excluding tert-OH is 2. The monoisotopic (exact) mass is 259 g/mol. The normalized spacial score (nSPS) is 14.4. The molecule has 1 rings (SSSR count). The summed E-state index contributed by atoms with van der Waals surface area (Å²) in [6.07, 6.45) is -0.351. The molecule has 0 aromatic carbocycles. The molecule has 0 aliphatic rings. The zero-order chi connectivity index (χ0) is 13.7. The molecule has 0 fully saturated rings. The molecule has 0 spiro atoms. The van der Waals surface area contributed by atoms with Crippen molar-refractivity contribution < 1.29 is 19.9 Å². The number of aromatic nitrogens is 2. The first-order valence-corrected chi connectivity index (χ1v) is 5.52. The molecule has 0 saturated carbocycles. The maximum atomic E-state index is 10.7. The quantitative estimate of drug-likeness (QED) is 0.520. The van der Waals surface area contributed by atoms with E-state index >= 15 is 0 Å². The fourth-order valence-electron chi connectivity index (χ4n) is 1.47. The molecule has 0 bridgehead atoms. The average Bonchev–Trinajstić information content (AvgIpc) is 2.60. The van der Waals surface area contributed by atoms with Gasteiger partial charge in [-0.2, -0.15) is 0 Å². The minimum Gasteiger partial charge on any atom is -0.391 e. The topological polar surface area (TPSA) is 111 Å². The van der Waals surface area contributed by atoms with Crippen LogP contribution in [0.1, 0.15) is 12.7 Å². The highest BCUT2D eigenvalue weighted by Crippen LogP contribution is 2.14. The number of imidazole rings is 1. The molecular formula is C10H17N3O5. The molecule has 0 saturated heterocycles. The lowest BCUT2D eigenvalue weighted by Gasteiger charge is -2.11. The Labute approximate surface area is 104 Å². The molecule has 8 heteroatoms. The van der Waals surface area contributed by atoms with Crippen LogP contribution in [-0.4, -0.2) is 50.1 Å². The summed E-state index contributed by atoms with van der Waals surface area (Å²) in [6.45, 7) is 3.33. The van der Waals surface area contributed by atoms with Crippen LogP contribution in [0, 0.1) is 17.0 Å². The second kappa shape index (κ2) is 6.43. The van der Waals surface area contributed by atoms with E-state index in [1.165, 1.54) is 4.57 Å². The van der Waals surface area contributed by atoms with Gasteiger partial charge in [0.2, 0.25) is 0 Å². The lowest BCUT2D eigenvalue weighted by Crippen LogP contribution is -2.25. The van der Waals surface area contributed by atoms with E-state index in [0.29, 0.717) is 5.82 Å². The molecule has 0 aliphatic carbocycles. The number of hydrogen-bond acceptors (Lipinski definition) is 6. The van der Waals surface area contributed by atoms with E-state index in [1.54, 1.807) is 13.8 Å². The van der Waals surface area contributed by atoms with Crippen molar-refractivity contribution in [2.45, 2.75) is 32.6 Å². The van der Waals surface area contributed by atoms with Gasteiger partial charge in [0.15, 0.2) is 5.82 Å². The summed E-state index contributed by atoms with van der Waals surface area (Å²) in [7, 11) is 0. The van der Waals surface area contributed by atoms with Gasteiger partial charge < -0.3 is 25.1 Å². The predicted octanol–water partition coefficient (Wildman–Crippen LogP) is -0.142. The Kier molecular flexibility index (Phi) is 5.20. The lowest BCUT2D eigenvalue weighted by molar-refractivity contribution is -0.392. The number of nitro groups is 1. The first-order valence-electron chi connectivity index (χ1n) is 5.52. The summed E-state index contributed by atoms with van der Waals surface area (Å²) in [6, 6.07) is 0. The molecule has 1 heterocycles. The van der Waals surface area contributed by atoms with E-state index in [4.69, 9.17) is 9.84 Å². The molecule has 0 radical (unpaired) electrons. The minimum absolute atomic E-state index is 0.000323. The summed E-state index contributed by atoms with van der Waals surface area (Å²) in [5.74, 6) is 0.290. The number of nitrogens with zero attached hydrogens (tertiary/aromatic N) is 3. The fraction of sp³-hybridized carbons (Fsp3) is 0.700. The van der Waals surface area contributed by atoms with Crippen LogP contribution in [0.3, 0.4) is 0 Å². The summed E-state index contributed by atoms with van der Waals surface area (Å²) in [5, 5.41) is 29.4. The van der Waals surface area contributed by atoms with E-state index in [0.717, 1.165) is 6.20 Å². The third-order valence-corrected chi connectivity index (χ3v) is 2.28. The highest BCUT2D eigenvalue weighted by molar-refractivity contribution is 5.18. The van der Waals surface area contributed by atoms with E-state index < -0.39 is 17.1 Å². The largest absolute Gasteiger partial charge is 0.391 e. The molecule has 102 valence electrons. The Bertz CT molecular complexity index is 404. The van der Waals surface area contributed by atoms with Crippen LogP contribution >= 0.6 is 0 Å². The van der Waals surface area contributed by atoms with Crippen LogP contribution in [-0.2, 0) is 11.3 Å². The van der Waals surface area contributed by atoms with Crippen LogP contribution < -0.4 is 0 Å². The highest BCUT2D eigenvalue weighted by atomic mass is 16.6. The molecule has 8 nitrogen and oxygen atoms in total. The van der Waals surface area contributed by atoms with Gasteiger partial charge in [-0.1, -0.05) is 0 Å². The molecular weight excluding hydrogens is 242 g/mol. The smallest absolute Gasteiger partial charge is 0.342 e. The molecule has 2 atom stereocenters. The molecule has 1 aromatic heterocycles. The van der Waals surface area contributed by atoms with Gasteiger partial charge in [0.25, 0.3) is 0 Å². The lowest BCUT2D eigenvalue weighted by atomic mass is 10.3. The molecule has 0 amide bonds. The summed E-state index contributed by atoms with van der Waals surface area (Å²) < 4.78 is 6.36. The second-order valence-corrected chi connectivity index (χ2v) is 4.07. The van der Waals surface area contributed by atoms with Gasteiger partial charge in [-0.3, -0.25) is 0 Å². The Balaban J connectivity index is 2.56. The number of rotatable bonds is 7. The third kappa shape index (κ3) is 4.06. The van der Waals surface area contributed by atoms with Gasteiger partial charge in [-0.25, -0.2) is 9.55 Å². The molecule has 0 aliphatic heterocycles. The third-order valence-electron chi connectivity index (χ3n) is 2.28. The number of aliphatic hydroxyl groups is 2. The van der Waals surface area contributed by atoms with Crippen molar-refractivity contribution >= 4 is 5.82 Å². The van der Waals surface area contributed by atoms with Crippen LogP contribution in [0.2, 0.25) is 0 Å². The Morgan fingerprint density at radius 3 is 2.78 bits per heavy atom. The molecule has 2 N–H and O–H groups in total. The van der Waals surface area contributed by atoms with E-state index in [-0.39, 0.29) is 25.6 Å². The molecule has 18 heavy (non-hydrogen) atoms. The van der Waals surface area contributed by atoms with Gasteiger partial charge in [-0.05, 0) is 11.8 Å². The number of hydrogen-bond donors (Lipinski definition) is 2. The molecule has 1 aromatic rings. The summed E-state index contributed by atoms with van der Waals surface area (Å²) >= 11 is 0. The van der Waals surface area contributed by atoms with Gasteiger partial charge in [0.05, 0.1) is 19.3 Å². The van der Waals surface area contributed by atoms with Crippen LogP contribution in [0.25, 0.3) is 0 Å². The van der Waals surface area contributed by atoms with Gasteiger partial charge >= 0.3 is 5.82 Å². The van der Waals surface area contributed by atoms with E-state index in [1.807, 2.05) is 0 Å². The Morgan fingerprint density at radius 1 is 1.56 bits per heavy atom. The van der Waals surface area contributed by atoms with Crippen LogP contribution in [0.4, 0.5) is 5.82 Å². The van der Waals surface area contributed by atoms with Gasteiger partial charge in [0.1, 0.15) is 18.8 Å². The van der Waals surface area contributed by atoms with Crippen molar-refractivity contribution in [1.29, 1.82) is 0 Å². The number of ether oxygens (including phenoxy) is 1. The fourth-order valence-corrected chi connectivity index (χ4v) is 1.47. The maximum Gasteiger partial charge on any atom is 0.342 e. The summed E-state index contributed by atoms with van der Waals surface area (Å²) in [5.41, 5.74) is 0. The Hall–Kier alpha value is -1.51. The maximum absolute atomic E-state index is 10.7. The van der Waals surface area contributed by atoms with E-state index in [9.17, 15) is 15.2 Å².